The molecule has 0 saturated heterocycles. The van der Waals surface area contributed by atoms with E-state index < -0.39 is 0 Å². The Kier molecular flexibility index (Phi) is 3.09. The Morgan fingerprint density at radius 1 is 1.41 bits per heavy atom. The third kappa shape index (κ3) is 2.08. The van der Waals surface area contributed by atoms with E-state index in [4.69, 9.17) is 10.6 Å². The summed E-state index contributed by atoms with van der Waals surface area (Å²) in [6.45, 7) is 0.790. The van der Waals surface area contributed by atoms with E-state index in [1.807, 2.05) is 11.8 Å². The highest BCUT2D eigenvalue weighted by molar-refractivity contribution is 8.00. The minimum absolute atomic E-state index is 0.120. The molecule has 2 heterocycles. The average molecular weight is 248 g/mol. The molecule has 0 fully saturated rings. The van der Waals surface area contributed by atoms with Crippen molar-refractivity contribution >= 4 is 11.8 Å². The zero-order chi connectivity index (χ0) is 11.7. The molecule has 0 aliphatic carbocycles. The molecule has 2 unspecified atom stereocenters. The first-order valence-electron chi connectivity index (χ1n) is 5.92. The molecule has 1 aromatic carbocycles. The van der Waals surface area contributed by atoms with Crippen LogP contribution in [0.4, 0.5) is 0 Å². The molecular formula is C13H16N2OS. The van der Waals surface area contributed by atoms with Crippen molar-refractivity contribution in [1.29, 1.82) is 0 Å². The van der Waals surface area contributed by atoms with Gasteiger partial charge in [0.1, 0.15) is 5.76 Å². The van der Waals surface area contributed by atoms with Crippen molar-refractivity contribution in [3.8, 4) is 0 Å². The lowest BCUT2D eigenvalue weighted by atomic mass is 10.0. The smallest absolute Gasteiger partial charge is 0.112 e. The molecule has 3 nitrogen and oxygen atoms in total. The first-order valence-corrected chi connectivity index (χ1v) is 6.80. The Hall–Kier alpha value is -0.970. The molecule has 2 aliphatic rings. The van der Waals surface area contributed by atoms with Gasteiger partial charge in [0.2, 0.25) is 0 Å². The highest BCUT2D eigenvalue weighted by Crippen LogP contribution is 2.40. The molecule has 2 aliphatic heterocycles. The number of benzene rings is 1. The van der Waals surface area contributed by atoms with Crippen LogP contribution in [-0.4, -0.2) is 17.9 Å². The minimum Gasteiger partial charge on any atom is -0.496 e. The maximum absolute atomic E-state index is 5.68. The molecule has 90 valence electrons. The molecule has 3 N–H and O–H groups in total. The van der Waals surface area contributed by atoms with Gasteiger partial charge in [-0.15, -0.1) is 11.8 Å². The predicted molar refractivity (Wildman–Crippen MR) is 69.6 cm³/mol. The van der Waals surface area contributed by atoms with Gasteiger partial charge in [-0.3, -0.25) is 5.84 Å². The number of fused-ring (bicyclic) bond motifs is 1. The van der Waals surface area contributed by atoms with E-state index in [1.54, 1.807) is 0 Å². The van der Waals surface area contributed by atoms with Crippen molar-refractivity contribution in [3.05, 3.63) is 41.7 Å². The Labute approximate surface area is 105 Å². The second kappa shape index (κ2) is 4.72. The van der Waals surface area contributed by atoms with E-state index in [0.717, 1.165) is 25.2 Å². The lowest BCUT2D eigenvalue weighted by Crippen LogP contribution is -2.44. The second-order valence-electron chi connectivity index (χ2n) is 4.36. The van der Waals surface area contributed by atoms with Gasteiger partial charge < -0.3 is 4.74 Å². The molecule has 0 saturated carbocycles. The Morgan fingerprint density at radius 3 is 3.00 bits per heavy atom. The molecule has 0 radical (unpaired) electrons. The summed E-state index contributed by atoms with van der Waals surface area (Å²) in [6.07, 6.45) is 4.20. The lowest BCUT2D eigenvalue weighted by molar-refractivity contribution is 0.214. The topological polar surface area (TPSA) is 47.3 Å². The van der Waals surface area contributed by atoms with Gasteiger partial charge in [-0.25, -0.2) is 5.43 Å². The summed E-state index contributed by atoms with van der Waals surface area (Å²) in [7, 11) is 0. The molecule has 0 bridgehead atoms. The van der Waals surface area contributed by atoms with Gasteiger partial charge in [-0.1, -0.05) is 18.2 Å². The van der Waals surface area contributed by atoms with Crippen LogP contribution in [0.15, 0.2) is 41.0 Å². The molecule has 0 amide bonds. The predicted octanol–water partition coefficient (Wildman–Crippen LogP) is 1.84. The third-order valence-corrected chi connectivity index (χ3v) is 4.66. The zero-order valence-corrected chi connectivity index (χ0v) is 10.4. The Morgan fingerprint density at radius 2 is 2.29 bits per heavy atom. The fraction of sp³-hybridized carbons (Fsp3) is 0.385. The number of ether oxygens (including phenoxy) is 1. The summed E-state index contributed by atoms with van der Waals surface area (Å²) in [5, 5.41) is 0.432. The summed E-state index contributed by atoms with van der Waals surface area (Å²) < 4.78 is 5.62. The van der Waals surface area contributed by atoms with Gasteiger partial charge in [-0.2, -0.15) is 0 Å². The third-order valence-electron chi connectivity index (χ3n) is 3.26. The summed E-state index contributed by atoms with van der Waals surface area (Å²) in [4.78, 5) is 1.37. The van der Waals surface area contributed by atoms with Gasteiger partial charge in [0.05, 0.1) is 12.6 Å². The molecule has 17 heavy (non-hydrogen) atoms. The molecule has 2 atom stereocenters. The minimum atomic E-state index is 0.120. The van der Waals surface area contributed by atoms with E-state index in [0.29, 0.717) is 5.25 Å². The number of nitrogens with two attached hydrogens (primary N) is 1. The van der Waals surface area contributed by atoms with Crippen molar-refractivity contribution < 1.29 is 4.74 Å². The SMILES string of the molecule is NNC(C1=CCCO1)C1Cc2ccccc2S1. The van der Waals surface area contributed by atoms with Crippen LogP contribution >= 0.6 is 11.8 Å². The van der Waals surface area contributed by atoms with Crippen molar-refractivity contribution in [1.82, 2.24) is 5.43 Å². The van der Waals surface area contributed by atoms with Crippen LogP contribution in [0, 0.1) is 0 Å². The molecule has 0 spiro atoms. The second-order valence-corrected chi connectivity index (χ2v) is 5.64. The van der Waals surface area contributed by atoms with Crippen LogP contribution in [0.5, 0.6) is 0 Å². The highest BCUT2D eigenvalue weighted by Gasteiger charge is 2.32. The van der Waals surface area contributed by atoms with Crippen molar-refractivity contribution in [2.24, 2.45) is 5.84 Å². The summed E-state index contributed by atoms with van der Waals surface area (Å²) in [5.41, 5.74) is 4.32. The molecule has 0 aromatic heterocycles. The first-order chi connectivity index (χ1) is 8.38. The Balaban J connectivity index is 1.78. The number of nitrogens with one attached hydrogen (secondary N) is 1. The van der Waals surface area contributed by atoms with Crippen LogP contribution in [-0.2, 0) is 11.2 Å². The van der Waals surface area contributed by atoms with Crippen molar-refractivity contribution in [2.75, 3.05) is 6.61 Å². The standard InChI is InChI=1S/C13H16N2OS/c14-15-13(10-5-3-7-16-10)12-8-9-4-1-2-6-11(9)17-12/h1-2,4-6,12-13,15H,3,7-8,14H2. The fourth-order valence-electron chi connectivity index (χ4n) is 2.42. The molecule has 3 rings (SSSR count). The maximum Gasteiger partial charge on any atom is 0.112 e. The normalized spacial score (nSPS) is 24.1. The number of rotatable bonds is 3. The highest BCUT2D eigenvalue weighted by atomic mass is 32.2. The van der Waals surface area contributed by atoms with Gasteiger partial charge in [0, 0.05) is 16.6 Å². The zero-order valence-electron chi connectivity index (χ0n) is 9.56. The quantitative estimate of drug-likeness (QED) is 0.633. The average Bonchev–Trinajstić information content (AvgIpc) is 2.98. The summed E-state index contributed by atoms with van der Waals surface area (Å²) >= 11 is 1.89. The van der Waals surface area contributed by atoms with Crippen LogP contribution < -0.4 is 11.3 Å². The number of hydrogen-bond donors (Lipinski definition) is 2. The van der Waals surface area contributed by atoms with Crippen molar-refractivity contribution in [3.63, 3.8) is 0 Å². The Bertz CT molecular complexity index is 422. The van der Waals surface area contributed by atoms with Crippen LogP contribution in [0.2, 0.25) is 0 Å². The van der Waals surface area contributed by atoms with Gasteiger partial charge >= 0.3 is 0 Å². The van der Waals surface area contributed by atoms with Gasteiger partial charge in [0.15, 0.2) is 0 Å². The monoisotopic (exact) mass is 248 g/mol. The van der Waals surface area contributed by atoms with E-state index in [2.05, 4.69) is 35.8 Å². The molecule has 4 heteroatoms. The number of thioether (sulfide) groups is 1. The molecular weight excluding hydrogens is 232 g/mol. The summed E-state index contributed by atoms with van der Waals surface area (Å²) in [6, 6.07) is 8.68. The van der Waals surface area contributed by atoms with Crippen LogP contribution in [0.1, 0.15) is 12.0 Å². The summed E-state index contributed by atoms with van der Waals surface area (Å²) in [5.74, 6) is 6.69. The lowest BCUT2D eigenvalue weighted by Gasteiger charge is -2.22. The number of hydrazine groups is 1. The van der Waals surface area contributed by atoms with E-state index in [-0.39, 0.29) is 6.04 Å². The van der Waals surface area contributed by atoms with E-state index >= 15 is 0 Å². The van der Waals surface area contributed by atoms with Crippen LogP contribution in [0.3, 0.4) is 0 Å². The molecule has 1 aromatic rings. The number of hydrogen-bond acceptors (Lipinski definition) is 4. The van der Waals surface area contributed by atoms with Crippen LogP contribution in [0.25, 0.3) is 0 Å². The van der Waals surface area contributed by atoms with Gasteiger partial charge in [-0.05, 0) is 24.1 Å². The van der Waals surface area contributed by atoms with E-state index in [9.17, 15) is 0 Å². The fourth-order valence-corrected chi connectivity index (χ4v) is 3.82. The first kappa shape index (κ1) is 11.1. The maximum atomic E-state index is 5.68. The van der Waals surface area contributed by atoms with Gasteiger partial charge in [0.25, 0.3) is 0 Å². The largest absolute Gasteiger partial charge is 0.496 e. The van der Waals surface area contributed by atoms with Crippen molar-refractivity contribution in [2.45, 2.75) is 29.0 Å². The van der Waals surface area contributed by atoms with E-state index in [1.165, 1.54) is 10.5 Å².